The van der Waals surface area contributed by atoms with Gasteiger partial charge >= 0.3 is 5.97 Å². The third-order valence-corrected chi connectivity index (χ3v) is 7.38. The Kier molecular flexibility index (Phi) is 5.20. The molecule has 0 saturated heterocycles. The van der Waals surface area contributed by atoms with Crippen LogP contribution in [0.4, 0.5) is 5.69 Å². The van der Waals surface area contributed by atoms with E-state index in [0.717, 1.165) is 41.7 Å². The number of halogens is 1. The molecule has 5 rings (SSSR count). The number of hydrogen-bond donors (Lipinski definition) is 1. The van der Waals surface area contributed by atoms with E-state index in [4.69, 9.17) is 21.3 Å². The molecule has 3 aromatic rings. The number of rotatable bonds is 4. The highest BCUT2D eigenvalue weighted by atomic mass is 35.5. The monoisotopic (exact) mass is 466 g/mol. The zero-order chi connectivity index (χ0) is 23.5. The minimum atomic E-state index is -0.573. The number of anilines is 1. The van der Waals surface area contributed by atoms with Crippen LogP contribution in [0, 0.1) is 6.92 Å². The summed E-state index contributed by atoms with van der Waals surface area (Å²) in [4.78, 5) is 35.1. The molecule has 1 N–H and O–H groups in total. The average Bonchev–Trinajstić information content (AvgIpc) is 3.07. The molecule has 3 heterocycles. The van der Waals surface area contributed by atoms with Crippen LogP contribution in [-0.2, 0) is 10.2 Å². The van der Waals surface area contributed by atoms with E-state index in [9.17, 15) is 9.59 Å². The van der Waals surface area contributed by atoms with Crippen LogP contribution in [0.5, 0.6) is 0 Å². The second kappa shape index (κ2) is 7.83. The first-order valence-corrected chi connectivity index (χ1v) is 11.7. The highest BCUT2D eigenvalue weighted by molar-refractivity contribution is 6.29. The number of carbonyl (C=O) groups is 1. The SMILES string of the molecule is COC(=O)c1nc(Cl)ccc1N[C@H](C)c1cc(C)cc2c(=O)n3c(nc12)C1(CCC1)C[C@@H]3C. The van der Waals surface area contributed by atoms with E-state index < -0.39 is 5.97 Å². The van der Waals surface area contributed by atoms with Crippen molar-refractivity contribution in [1.82, 2.24) is 14.5 Å². The summed E-state index contributed by atoms with van der Waals surface area (Å²) >= 11 is 6.01. The molecule has 1 fully saturated rings. The van der Waals surface area contributed by atoms with Crippen LogP contribution in [0.2, 0.25) is 5.15 Å². The van der Waals surface area contributed by atoms with Gasteiger partial charge in [-0.1, -0.05) is 24.1 Å². The van der Waals surface area contributed by atoms with Gasteiger partial charge in [-0.2, -0.15) is 0 Å². The second-order valence-electron chi connectivity index (χ2n) is 9.44. The predicted molar refractivity (Wildman–Crippen MR) is 128 cm³/mol. The van der Waals surface area contributed by atoms with Crippen molar-refractivity contribution in [3.8, 4) is 0 Å². The Morgan fingerprint density at radius 3 is 2.73 bits per heavy atom. The van der Waals surface area contributed by atoms with Gasteiger partial charge in [0, 0.05) is 17.0 Å². The lowest BCUT2D eigenvalue weighted by Crippen LogP contribution is -2.34. The smallest absolute Gasteiger partial charge is 0.358 e. The predicted octanol–water partition coefficient (Wildman–Crippen LogP) is 5.10. The number of nitrogens with one attached hydrogen (secondary N) is 1. The number of hydrogen-bond acceptors (Lipinski definition) is 6. The van der Waals surface area contributed by atoms with Crippen molar-refractivity contribution >= 4 is 34.2 Å². The molecule has 2 aromatic heterocycles. The molecule has 1 aliphatic carbocycles. The number of pyridine rings is 1. The number of carbonyl (C=O) groups excluding carboxylic acids is 1. The zero-order valence-corrected chi connectivity index (χ0v) is 20.0. The van der Waals surface area contributed by atoms with Gasteiger partial charge in [0.2, 0.25) is 0 Å². The lowest BCUT2D eigenvalue weighted by atomic mass is 9.66. The second-order valence-corrected chi connectivity index (χ2v) is 9.82. The molecule has 172 valence electrons. The van der Waals surface area contributed by atoms with Crippen LogP contribution in [0.15, 0.2) is 29.1 Å². The highest BCUT2D eigenvalue weighted by Gasteiger charge is 2.49. The summed E-state index contributed by atoms with van der Waals surface area (Å²) in [6.07, 6.45) is 4.33. The van der Waals surface area contributed by atoms with Crippen LogP contribution in [0.1, 0.15) is 79.1 Å². The van der Waals surface area contributed by atoms with Gasteiger partial charge in [0.25, 0.3) is 5.56 Å². The van der Waals surface area contributed by atoms with Gasteiger partial charge in [0.1, 0.15) is 11.0 Å². The fraction of sp³-hybridized carbons (Fsp3) is 0.440. The maximum absolute atomic E-state index is 13.6. The summed E-state index contributed by atoms with van der Waals surface area (Å²) in [5, 5.41) is 4.20. The molecule has 0 bridgehead atoms. The largest absolute Gasteiger partial charge is 0.464 e. The highest BCUT2D eigenvalue weighted by Crippen LogP contribution is 2.52. The number of fused-ring (bicyclic) bond motifs is 3. The first-order valence-electron chi connectivity index (χ1n) is 11.3. The maximum atomic E-state index is 13.6. The normalized spacial score (nSPS) is 19.2. The molecular formula is C25H27ClN4O3. The topological polar surface area (TPSA) is 86.1 Å². The molecule has 1 aliphatic heterocycles. The molecule has 0 amide bonds. The summed E-state index contributed by atoms with van der Waals surface area (Å²) in [6, 6.07) is 7.22. The summed E-state index contributed by atoms with van der Waals surface area (Å²) in [7, 11) is 1.31. The van der Waals surface area contributed by atoms with Crippen molar-refractivity contribution < 1.29 is 9.53 Å². The summed E-state index contributed by atoms with van der Waals surface area (Å²) in [5.74, 6) is 0.357. The Morgan fingerprint density at radius 1 is 1.30 bits per heavy atom. The fourth-order valence-corrected chi connectivity index (χ4v) is 5.64. The number of aryl methyl sites for hydroxylation is 1. The van der Waals surface area contributed by atoms with E-state index in [1.807, 2.05) is 24.5 Å². The third kappa shape index (κ3) is 3.41. The number of ether oxygens (including phenoxy) is 1. The van der Waals surface area contributed by atoms with Crippen molar-refractivity contribution in [3.63, 3.8) is 0 Å². The van der Waals surface area contributed by atoms with E-state index in [1.165, 1.54) is 13.5 Å². The molecule has 7 nitrogen and oxygen atoms in total. The Labute approximate surface area is 197 Å². The van der Waals surface area contributed by atoms with Crippen LogP contribution in [-0.4, -0.2) is 27.6 Å². The van der Waals surface area contributed by atoms with Gasteiger partial charge < -0.3 is 10.1 Å². The van der Waals surface area contributed by atoms with Gasteiger partial charge in [-0.05, 0) is 63.8 Å². The van der Waals surface area contributed by atoms with Gasteiger partial charge in [0.05, 0.1) is 29.7 Å². The van der Waals surface area contributed by atoms with Gasteiger partial charge in [-0.25, -0.2) is 14.8 Å². The molecular weight excluding hydrogens is 440 g/mol. The number of benzene rings is 1. The number of aromatic nitrogens is 3. The van der Waals surface area contributed by atoms with Crippen LogP contribution < -0.4 is 10.9 Å². The Morgan fingerprint density at radius 2 is 2.06 bits per heavy atom. The third-order valence-electron chi connectivity index (χ3n) is 7.17. The van der Waals surface area contributed by atoms with Crippen LogP contribution in [0.3, 0.4) is 0 Å². The summed E-state index contributed by atoms with van der Waals surface area (Å²) in [6.45, 7) is 6.08. The van der Waals surface area contributed by atoms with Crippen molar-refractivity contribution in [1.29, 1.82) is 0 Å². The lowest BCUT2D eigenvalue weighted by molar-refractivity contribution is 0.0595. The van der Waals surface area contributed by atoms with Crippen molar-refractivity contribution in [2.45, 2.75) is 64.0 Å². The van der Waals surface area contributed by atoms with Crippen LogP contribution in [0.25, 0.3) is 10.9 Å². The molecule has 0 unspecified atom stereocenters. The van der Waals surface area contributed by atoms with E-state index in [1.54, 1.807) is 12.1 Å². The van der Waals surface area contributed by atoms with Crippen molar-refractivity contribution in [3.05, 3.63) is 62.4 Å². The Hall–Kier alpha value is -2.93. The van der Waals surface area contributed by atoms with E-state index in [-0.39, 0.29) is 33.9 Å². The van der Waals surface area contributed by atoms with E-state index >= 15 is 0 Å². The number of esters is 1. The number of methoxy groups -OCH3 is 1. The standard InChI is InChI=1S/C25H27ClN4O3/c1-13-10-16(15(3)27-18-6-7-19(26)28-21(18)23(32)33-4)20-17(11-13)22(31)30-14(2)12-25(8-5-9-25)24(30)29-20/h6-7,10-11,14-15,27H,5,8-9,12H2,1-4H3/t14-,15+/m0/s1. The quantitative estimate of drug-likeness (QED) is 0.425. The average molecular weight is 467 g/mol. The fourth-order valence-electron chi connectivity index (χ4n) is 5.49. The maximum Gasteiger partial charge on any atom is 0.358 e. The Bertz CT molecular complexity index is 1350. The molecule has 0 radical (unpaired) electrons. The van der Waals surface area contributed by atoms with Crippen molar-refractivity contribution in [2.24, 2.45) is 0 Å². The Balaban J connectivity index is 1.64. The molecule has 33 heavy (non-hydrogen) atoms. The minimum Gasteiger partial charge on any atom is -0.464 e. The summed E-state index contributed by atoms with van der Waals surface area (Å²) in [5.41, 5.74) is 3.30. The first-order chi connectivity index (χ1) is 15.7. The lowest BCUT2D eigenvalue weighted by Gasteiger charge is -2.37. The molecule has 1 saturated carbocycles. The molecule has 1 spiro atoms. The molecule has 2 atom stereocenters. The number of nitrogens with zero attached hydrogens (tertiary/aromatic N) is 3. The van der Waals surface area contributed by atoms with E-state index in [2.05, 4.69) is 23.3 Å². The van der Waals surface area contributed by atoms with Gasteiger partial charge in [-0.15, -0.1) is 0 Å². The molecule has 2 aliphatic rings. The summed E-state index contributed by atoms with van der Waals surface area (Å²) < 4.78 is 6.79. The minimum absolute atomic E-state index is 0.0315. The molecule has 1 aromatic carbocycles. The zero-order valence-electron chi connectivity index (χ0n) is 19.2. The molecule has 8 heteroatoms. The first kappa shape index (κ1) is 21.9. The van der Waals surface area contributed by atoms with Crippen LogP contribution >= 0.6 is 11.6 Å². The van der Waals surface area contributed by atoms with E-state index in [0.29, 0.717) is 11.1 Å². The van der Waals surface area contributed by atoms with Crippen molar-refractivity contribution in [2.75, 3.05) is 12.4 Å². The van der Waals surface area contributed by atoms with Gasteiger partial charge in [0.15, 0.2) is 5.69 Å². The van der Waals surface area contributed by atoms with Gasteiger partial charge in [-0.3, -0.25) is 9.36 Å².